The SMILES string of the molecule is [C-]#[N+]/C(C#N)=C1\C(=C\c2cc3c(s2)-c2sc4c(OCCCCCCCC)c5cc6cc7c8c(sc7c(OCCCCCCCC)c6cc5cc4c2C3(CCCCCC)CCCCCC)-c2sc(/C=C3\C(=O)c4cc(Cl)c(Cl)cc4\C3=C(\C#N)[N+]#[C-])cc2C8(CCCCCC)CCCCCC)C(=O)c2ccccc21. The van der Waals surface area contributed by atoms with Crippen LogP contribution in [-0.4, -0.2) is 24.8 Å². The molecule has 0 atom stereocenters. The van der Waals surface area contributed by atoms with E-state index in [1.54, 1.807) is 34.8 Å². The molecule has 0 unspecified atom stereocenters. The maximum atomic E-state index is 14.7. The molecule has 13 rings (SSSR count). The summed E-state index contributed by atoms with van der Waals surface area (Å²) in [4.78, 5) is 43.6. The van der Waals surface area contributed by atoms with Crippen LogP contribution in [0.5, 0.6) is 11.5 Å². The second kappa shape index (κ2) is 35.6. The van der Waals surface area contributed by atoms with E-state index in [-0.39, 0.29) is 43.8 Å². The number of halogens is 2. The van der Waals surface area contributed by atoms with E-state index in [0.29, 0.717) is 57.8 Å². The number of Topliss-reactive ketones (excluding diaryl/α,β-unsaturated/α-hetero) is 2. The number of ether oxygens (including phenoxy) is 2. The molecule has 5 aromatic carbocycles. The minimum absolute atomic E-state index is 0.0659. The maximum Gasteiger partial charge on any atom is 0.270 e. The van der Waals surface area contributed by atoms with E-state index in [9.17, 15) is 20.1 Å². The second-order valence-electron chi connectivity index (χ2n) is 30.5. The molecule has 4 aromatic heterocycles. The third-order valence-corrected chi connectivity index (χ3v) is 29.0. The number of benzene rings is 5. The number of thiophene rings is 4. The molecule has 0 amide bonds. The van der Waals surface area contributed by atoms with Gasteiger partial charge in [0.05, 0.1) is 67.7 Å². The van der Waals surface area contributed by atoms with Crippen molar-refractivity contribution in [2.45, 2.75) is 258 Å². The van der Waals surface area contributed by atoms with Crippen molar-refractivity contribution in [2.24, 2.45) is 0 Å². The summed E-state index contributed by atoms with van der Waals surface area (Å²) < 4.78 is 17.4. The first kappa shape index (κ1) is 78.5. The van der Waals surface area contributed by atoms with E-state index in [1.807, 2.05) is 59.1 Å². The van der Waals surface area contributed by atoms with Crippen molar-refractivity contribution in [2.75, 3.05) is 13.2 Å². The molecule has 0 radical (unpaired) electrons. The summed E-state index contributed by atoms with van der Waals surface area (Å²) in [5.74, 6) is 1.47. The van der Waals surface area contributed by atoms with Crippen molar-refractivity contribution in [3.8, 4) is 43.1 Å². The van der Waals surface area contributed by atoms with Gasteiger partial charge in [0.1, 0.15) is 11.5 Å². The zero-order chi connectivity index (χ0) is 75.6. The highest BCUT2D eigenvalue weighted by atomic mass is 35.5. The lowest BCUT2D eigenvalue weighted by atomic mass is 9.70. The van der Waals surface area contributed by atoms with Crippen LogP contribution in [0, 0.1) is 35.8 Å². The fraction of sp³-hybridized carbons (Fsp3) is 0.447. The van der Waals surface area contributed by atoms with Crippen molar-refractivity contribution in [3.63, 3.8) is 0 Å². The summed E-state index contributed by atoms with van der Waals surface area (Å²) >= 11 is 20.5. The Hall–Kier alpha value is -7.62. The highest BCUT2D eigenvalue weighted by molar-refractivity contribution is 7.28. The van der Waals surface area contributed by atoms with Crippen molar-refractivity contribution in [1.29, 1.82) is 10.5 Å². The minimum atomic E-state index is -0.352. The lowest BCUT2D eigenvalue weighted by Crippen LogP contribution is -2.25. The molecule has 0 saturated heterocycles. The molecule has 108 heavy (non-hydrogen) atoms. The largest absolute Gasteiger partial charge is 0.491 e. The zero-order valence-corrected chi connectivity index (χ0v) is 68.7. The van der Waals surface area contributed by atoms with Crippen LogP contribution in [0.15, 0.2) is 95.3 Å². The van der Waals surface area contributed by atoms with Crippen LogP contribution < -0.4 is 9.47 Å². The average Bonchev–Trinajstić information content (AvgIpc) is 1.52. The van der Waals surface area contributed by atoms with Gasteiger partial charge < -0.3 is 9.47 Å². The van der Waals surface area contributed by atoms with Crippen LogP contribution in [0.2, 0.25) is 10.0 Å². The van der Waals surface area contributed by atoms with Crippen molar-refractivity contribution < 1.29 is 19.1 Å². The van der Waals surface area contributed by atoms with Gasteiger partial charge in [-0.25, -0.2) is 20.2 Å². The smallest absolute Gasteiger partial charge is 0.270 e. The standard InChI is InChI=1S/C94H100Cl2N4O4S4/c1-9-15-21-27-29-37-45-103-85-65-48-60-50-72-82-92(90-74(94(82,43-35-25-19-13-5)44-36-26-20-14-6)54-62(106-90)52-70-80(78(58-98)100-8)67-55-75(95)76(96)56-68(67)84(70)102)108-88(72)86(104-46-38-30-28-22-16-10-2)66(60)47-59(65)49-71-81-91(107-87(71)85)89-73(93(81,41-33-23-17-11-3)42-34-24-18-12-4)53-61(105-89)51-69-79(77(57-97)99-7)63-39-31-32-40-64(63)83(69)101/h31-32,39-40,47-56H,9-30,33-38,41-46H2,1-6H3/b69-51-,70-52-,79-77-,80-78+. The second-order valence-corrected chi connectivity index (χ2v) is 35.5. The van der Waals surface area contributed by atoms with Gasteiger partial charge in [0, 0.05) is 85.3 Å². The quantitative estimate of drug-likeness (QED) is 0.0125. The van der Waals surface area contributed by atoms with Gasteiger partial charge in [0.15, 0.2) is 11.6 Å². The predicted molar refractivity (Wildman–Crippen MR) is 459 cm³/mol. The normalized spacial score (nSPS) is 16.0. The summed E-state index contributed by atoms with van der Waals surface area (Å²) in [6.45, 7) is 31.2. The summed E-state index contributed by atoms with van der Waals surface area (Å²) in [7, 11) is 0. The molecule has 9 aromatic rings. The highest BCUT2D eigenvalue weighted by Crippen LogP contribution is 2.66. The Labute approximate surface area is 666 Å². The van der Waals surface area contributed by atoms with Crippen molar-refractivity contribution in [1.82, 2.24) is 0 Å². The molecule has 0 N–H and O–H groups in total. The number of nitriles is 2. The Kier molecular flexibility index (Phi) is 25.9. The van der Waals surface area contributed by atoms with E-state index in [2.05, 4.69) is 99.8 Å². The van der Waals surface area contributed by atoms with Crippen LogP contribution in [0.25, 0.3) is 94.2 Å². The van der Waals surface area contributed by atoms with Gasteiger partial charge in [-0.05, 0) is 143 Å². The van der Waals surface area contributed by atoms with Crippen LogP contribution in [0.1, 0.15) is 311 Å². The Morgan fingerprint density at radius 1 is 0.435 bits per heavy atom. The molecule has 558 valence electrons. The molecule has 4 aliphatic carbocycles. The topological polar surface area (TPSA) is 109 Å². The molecular formula is C94H100Cl2N4O4S4. The van der Waals surface area contributed by atoms with Gasteiger partial charge in [-0.3, -0.25) is 9.59 Å². The van der Waals surface area contributed by atoms with Gasteiger partial charge in [-0.15, -0.1) is 45.3 Å². The zero-order valence-electron chi connectivity index (χ0n) is 63.9. The number of carbonyl (C=O) groups excluding carboxylic acids is 2. The maximum absolute atomic E-state index is 14.7. The molecule has 0 aliphatic heterocycles. The van der Waals surface area contributed by atoms with E-state index in [1.165, 1.54) is 126 Å². The molecule has 0 saturated carbocycles. The number of hydrogen-bond acceptors (Lipinski definition) is 10. The Morgan fingerprint density at radius 2 is 0.787 bits per heavy atom. The van der Waals surface area contributed by atoms with Crippen LogP contribution >= 0.6 is 68.5 Å². The monoisotopic (exact) mass is 1550 g/mol. The minimum Gasteiger partial charge on any atom is -0.491 e. The lowest BCUT2D eigenvalue weighted by molar-refractivity contribution is 0.103. The number of ketones is 2. The number of hydrogen-bond donors (Lipinski definition) is 0. The van der Waals surface area contributed by atoms with E-state index in [0.717, 1.165) is 184 Å². The fourth-order valence-electron chi connectivity index (χ4n) is 18.0. The van der Waals surface area contributed by atoms with Crippen LogP contribution in [-0.2, 0) is 10.8 Å². The van der Waals surface area contributed by atoms with E-state index >= 15 is 0 Å². The summed E-state index contributed by atoms with van der Waals surface area (Å²) in [6.07, 6.45) is 39.6. The first-order chi connectivity index (χ1) is 52.8. The summed E-state index contributed by atoms with van der Waals surface area (Å²) in [6, 6.07) is 29.6. The summed E-state index contributed by atoms with van der Waals surface area (Å²) in [5.41, 5.74) is 8.00. The number of fused-ring (bicyclic) bond motifs is 14. The molecule has 14 heteroatoms. The molecule has 0 bridgehead atoms. The van der Waals surface area contributed by atoms with Crippen molar-refractivity contribution >= 4 is 145 Å². The third-order valence-electron chi connectivity index (χ3n) is 23.4. The number of nitrogens with zero attached hydrogens (tertiary/aromatic N) is 4. The van der Waals surface area contributed by atoms with Gasteiger partial charge >= 0.3 is 0 Å². The average molecular weight is 1550 g/mol. The fourth-order valence-corrected chi connectivity index (χ4v) is 23.8. The van der Waals surface area contributed by atoms with Gasteiger partial charge in [0.2, 0.25) is 0 Å². The van der Waals surface area contributed by atoms with Gasteiger partial charge in [-0.1, -0.05) is 256 Å². The molecule has 0 spiro atoms. The number of carbonyl (C=O) groups is 2. The third kappa shape index (κ3) is 15.0. The molecule has 8 nitrogen and oxygen atoms in total. The highest BCUT2D eigenvalue weighted by Gasteiger charge is 2.49. The number of unbranched alkanes of at least 4 members (excludes halogenated alkanes) is 22. The van der Waals surface area contributed by atoms with Crippen molar-refractivity contribution in [3.05, 3.63) is 182 Å². The Morgan fingerprint density at radius 3 is 1.19 bits per heavy atom. The first-order valence-corrected chi connectivity index (χ1v) is 44.5. The number of rotatable bonds is 38. The van der Waals surface area contributed by atoms with E-state index in [4.69, 9.17) is 45.8 Å². The van der Waals surface area contributed by atoms with Gasteiger partial charge in [0.25, 0.3) is 11.4 Å². The molecule has 4 aliphatic rings. The Bertz CT molecular complexity index is 5180. The first-order valence-electron chi connectivity index (χ1n) is 40.5. The molecule has 0 fully saturated rings. The van der Waals surface area contributed by atoms with Gasteiger partial charge in [-0.2, -0.15) is 0 Å². The predicted octanol–water partition coefficient (Wildman–Crippen LogP) is 30.6. The van der Waals surface area contributed by atoms with Crippen LogP contribution in [0.3, 0.4) is 0 Å². The van der Waals surface area contributed by atoms with Crippen LogP contribution in [0.4, 0.5) is 0 Å². The molecule has 4 heterocycles. The Balaban J connectivity index is 1.05. The lowest BCUT2D eigenvalue weighted by Gasteiger charge is -2.32. The number of allylic oxidation sites excluding steroid dienone is 6. The van der Waals surface area contributed by atoms with E-state index < -0.39 is 0 Å². The molecular weight excluding hydrogens is 1450 g/mol. The summed E-state index contributed by atoms with van der Waals surface area (Å²) in [5, 5.41) is 28.4.